The van der Waals surface area contributed by atoms with Crippen molar-refractivity contribution in [2.45, 2.75) is 41.5 Å². The van der Waals surface area contributed by atoms with E-state index in [1.165, 1.54) is 10.1 Å². The van der Waals surface area contributed by atoms with Crippen LogP contribution in [0.3, 0.4) is 0 Å². The average molecular weight is 581 g/mol. The Labute approximate surface area is 219 Å². The van der Waals surface area contributed by atoms with Crippen molar-refractivity contribution in [2.24, 2.45) is 21.1 Å². The van der Waals surface area contributed by atoms with Gasteiger partial charge in [-0.15, -0.1) is 21.6 Å². The number of benzene rings is 2. The quantitative estimate of drug-likeness (QED) is 0.225. The molecule has 0 aliphatic heterocycles. The van der Waals surface area contributed by atoms with Crippen LogP contribution in [0.5, 0.6) is 0 Å². The Morgan fingerprint density at radius 3 is 2.03 bits per heavy atom. The maximum Gasteiger partial charge on any atom is 0.186 e. The molecule has 4 rings (SSSR count). The number of carbonyl (C=O) groups excluding carboxylic acids is 1. The molecule has 0 spiro atoms. The number of hydrogen-bond donors (Lipinski definition) is 0. The zero-order valence-electron chi connectivity index (χ0n) is 20.4. The SMILES string of the molecule is CC(C)(C)C1=CC(=C(N=Nc2ccccc2I)c2cc3ccccc3s2)C=C(C(C)(C)C)C1=O. The van der Waals surface area contributed by atoms with Gasteiger partial charge in [-0.2, -0.15) is 0 Å². The molecular weight excluding hydrogens is 551 g/mol. The largest absolute Gasteiger partial charge is 0.289 e. The van der Waals surface area contributed by atoms with Crippen molar-refractivity contribution in [2.75, 3.05) is 0 Å². The molecule has 0 radical (unpaired) electrons. The highest BCUT2D eigenvalue weighted by atomic mass is 127. The topological polar surface area (TPSA) is 41.8 Å². The lowest BCUT2D eigenvalue weighted by molar-refractivity contribution is -0.114. The van der Waals surface area contributed by atoms with Crippen molar-refractivity contribution < 1.29 is 4.79 Å². The Balaban J connectivity index is 2.01. The number of hydrogen-bond acceptors (Lipinski definition) is 4. The number of fused-ring (bicyclic) bond motifs is 1. The van der Waals surface area contributed by atoms with Crippen molar-refractivity contribution in [3.05, 3.63) is 91.9 Å². The molecule has 174 valence electrons. The van der Waals surface area contributed by atoms with Crippen LogP contribution in [0.4, 0.5) is 5.69 Å². The monoisotopic (exact) mass is 580 g/mol. The summed E-state index contributed by atoms with van der Waals surface area (Å²) in [4.78, 5) is 14.5. The number of allylic oxidation sites excluding steroid dienone is 5. The van der Waals surface area contributed by atoms with Crippen LogP contribution >= 0.6 is 33.9 Å². The van der Waals surface area contributed by atoms with E-state index in [2.05, 4.69) is 93.5 Å². The molecular formula is C29H29IN2OS. The second-order valence-electron chi connectivity index (χ2n) is 10.5. The van der Waals surface area contributed by atoms with Gasteiger partial charge in [0.05, 0.1) is 10.6 Å². The number of ketones is 1. The first kappa shape index (κ1) is 24.7. The Morgan fingerprint density at radius 2 is 1.44 bits per heavy atom. The second kappa shape index (κ2) is 9.34. The predicted octanol–water partition coefficient (Wildman–Crippen LogP) is 9.53. The molecule has 0 N–H and O–H groups in total. The summed E-state index contributed by atoms with van der Waals surface area (Å²) in [5, 5.41) is 10.6. The van der Waals surface area contributed by atoms with Crippen LogP contribution in [0.2, 0.25) is 0 Å². The van der Waals surface area contributed by atoms with Gasteiger partial charge in [-0.3, -0.25) is 4.79 Å². The van der Waals surface area contributed by atoms with Crippen LogP contribution < -0.4 is 0 Å². The lowest BCUT2D eigenvalue weighted by atomic mass is 9.71. The summed E-state index contributed by atoms with van der Waals surface area (Å²) >= 11 is 3.98. The van der Waals surface area contributed by atoms with Gasteiger partial charge in [0.15, 0.2) is 5.78 Å². The molecule has 0 amide bonds. The maximum absolute atomic E-state index is 13.5. The highest BCUT2D eigenvalue weighted by Gasteiger charge is 2.34. The molecule has 1 aliphatic rings. The molecule has 0 fully saturated rings. The number of halogens is 1. The minimum absolute atomic E-state index is 0.119. The van der Waals surface area contributed by atoms with E-state index in [9.17, 15) is 4.79 Å². The minimum Gasteiger partial charge on any atom is -0.289 e. The van der Waals surface area contributed by atoms with Gasteiger partial charge in [0.25, 0.3) is 0 Å². The molecule has 5 heteroatoms. The van der Waals surface area contributed by atoms with E-state index in [4.69, 9.17) is 5.11 Å². The number of rotatable bonds is 3. The Bertz CT molecular complexity index is 1320. The van der Waals surface area contributed by atoms with Gasteiger partial charge in [-0.1, -0.05) is 71.9 Å². The van der Waals surface area contributed by atoms with E-state index in [0.717, 1.165) is 36.6 Å². The molecule has 1 aromatic heterocycles. The highest BCUT2D eigenvalue weighted by molar-refractivity contribution is 14.1. The predicted molar refractivity (Wildman–Crippen MR) is 153 cm³/mol. The molecule has 0 unspecified atom stereocenters. The van der Waals surface area contributed by atoms with E-state index >= 15 is 0 Å². The summed E-state index contributed by atoms with van der Waals surface area (Å²) in [5.41, 5.74) is 3.58. The van der Waals surface area contributed by atoms with Crippen LogP contribution in [0.15, 0.2) is 93.7 Å². The molecule has 3 nitrogen and oxygen atoms in total. The number of azo groups is 1. The third kappa shape index (κ3) is 5.15. The van der Waals surface area contributed by atoms with Crippen LogP contribution in [-0.2, 0) is 4.79 Å². The summed E-state index contributed by atoms with van der Waals surface area (Å²) in [6.07, 6.45) is 4.04. The molecule has 3 aromatic rings. The van der Waals surface area contributed by atoms with E-state index < -0.39 is 0 Å². The van der Waals surface area contributed by atoms with Crippen molar-refractivity contribution in [1.29, 1.82) is 0 Å². The van der Waals surface area contributed by atoms with Crippen molar-refractivity contribution in [1.82, 2.24) is 0 Å². The fraction of sp³-hybridized carbons (Fsp3) is 0.276. The summed E-state index contributed by atoms with van der Waals surface area (Å²) in [5.74, 6) is 0.119. The lowest BCUT2D eigenvalue weighted by Gasteiger charge is -2.31. The van der Waals surface area contributed by atoms with Crippen LogP contribution in [-0.4, -0.2) is 5.78 Å². The number of carbonyl (C=O) groups is 1. The molecule has 0 bridgehead atoms. The van der Waals surface area contributed by atoms with E-state index in [-0.39, 0.29) is 16.6 Å². The fourth-order valence-corrected chi connectivity index (χ4v) is 5.43. The summed E-state index contributed by atoms with van der Waals surface area (Å²) in [6, 6.07) is 18.5. The van der Waals surface area contributed by atoms with Gasteiger partial charge in [0.2, 0.25) is 0 Å². The first-order chi connectivity index (χ1) is 15.9. The van der Waals surface area contributed by atoms with Crippen molar-refractivity contribution >= 4 is 61.2 Å². The zero-order chi connectivity index (χ0) is 24.7. The molecule has 1 heterocycles. The Kier molecular flexibility index (Phi) is 6.80. The maximum atomic E-state index is 13.5. The number of thiophene rings is 1. The van der Waals surface area contributed by atoms with E-state index in [1.807, 2.05) is 42.5 Å². The van der Waals surface area contributed by atoms with Crippen LogP contribution in [0.25, 0.3) is 15.8 Å². The first-order valence-corrected chi connectivity index (χ1v) is 13.2. The Hall–Kier alpha value is -2.38. The smallest absolute Gasteiger partial charge is 0.186 e. The van der Waals surface area contributed by atoms with Gasteiger partial charge in [0.1, 0.15) is 5.70 Å². The first-order valence-electron chi connectivity index (χ1n) is 11.3. The second-order valence-corrected chi connectivity index (χ2v) is 12.8. The van der Waals surface area contributed by atoms with Gasteiger partial charge in [0, 0.05) is 25.0 Å². The van der Waals surface area contributed by atoms with Gasteiger partial charge < -0.3 is 0 Å². The molecule has 0 saturated carbocycles. The summed E-state index contributed by atoms with van der Waals surface area (Å²) in [7, 11) is 0. The van der Waals surface area contributed by atoms with Gasteiger partial charge >= 0.3 is 0 Å². The molecule has 0 atom stereocenters. The summed E-state index contributed by atoms with van der Waals surface area (Å²) in [6.45, 7) is 12.5. The number of Topliss-reactive ketones (excluding diaryl/α,β-unsaturated/α-hetero) is 1. The molecule has 2 aromatic carbocycles. The average Bonchev–Trinajstić information content (AvgIpc) is 3.18. The molecule has 1 aliphatic carbocycles. The van der Waals surface area contributed by atoms with Crippen molar-refractivity contribution in [3.63, 3.8) is 0 Å². The van der Waals surface area contributed by atoms with Crippen LogP contribution in [0, 0.1) is 14.4 Å². The van der Waals surface area contributed by atoms with Gasteiger partial charge in [-0.05, 0) is 75.2 Å². The normalized spacial score (nSPS) is 15.1. The molecule has 0 saturated heterocycles. The summed E-state index contributed by atoms with van der Waals surface area (Å²) < 4.78 is 2.24. The number of nitrogens with zero attached hydrogens (tertiary/aromatic N) is 2. The minimum atomic E-state index is -0.287. The van der Waals surface area contributed by atoms with E-state index in [1.54, 1.807) is 11.3 Å². The van der Waals surface area contributed by atoms with E-state index in [0.29, 0.717) is 0 Å². The lowest BCUT2D eigenvalue weighted by Crippen LogP contribution is -2.28. The third-order valence-electron chi connectivity index (χ3n) is 5.75. The van der Waals surface area contributed by atoms with Crippen molar-refractivity contribution in [3.8, 4) is 0 Å². The Morgan fingerprint density at radius 1 is 0.853 bits per heavy atom. The highest BCUT2D eigenvalue weighted by Crippen LogP contribution is 2.42. The zero-order valence-corrected chi connectivity index (χ0v) is 23.4. The fourth-order valence-electron chi connectivity index (χ4n) is 3.86. The van der Waals surface area contributed by atoms with Gasteiger partial charge in [-0.25, -0.2) is 0 Å². The van der Waals surface area contributed by atoms with Crippen LogP contribution in [0.1, 0.15) is 46.4 Å². The third-order valence-corrected chi connectivity index (χ3v) is 7.78. The standard InChI is InChI=1S/C29H29IN2OS/c1-28(2,3)20-15-19(16-21(27(20)33)29(4,5)6)26(32-31-23-13-9-8-12-22(23)30)25-17-18-11-7-10-14-24(18)34-25/h7-17H,1-6H3. The molecule has 34 heavy (non-hydrogen) atoms.